The van der Waals surface area contributed by atoms with E-state index < -0.39 is 165 Å². The van der Waals surface area contributed by atoms with Crippen molar-refractivity contribution in [3.8, 4) is 46.2 Å². The predicted molar refractivity (Wildman–Crippen MR) is 296 cm³/mol. The number of nitrogens with one attached hydrogen (secondary N) is 5. The number of aromatic nitrogens is 2. The second kappa shape index (κ2) is 30.4. The highest BCUT2D eigenvalue weighted by molar-refractivity contribution is 7.90. The summed E-state index contributed by atoms with van der Waals surface area (Å²) in [6.45, 7) is 3.60. The largest absolute Gasteiger partial charge is 0.504 e. The van der Waals surface area contributed by atoms with Crippen LogP contribution in [0, 0.1) is 17.2 Å². The molecular weight excluding hydrogens is 1150 g/mol. The molecule has 86 heavy (non-hydrogen) atoms. The number of benzene rings is 3. The van der Waals surface area contributed by atoms with Gasteiger partial charge in [-0.25, -0.2) is 5.26 Å². The minimum atomic E-state index is -2.16. The van der Waals surface area contributed by atoms with Gasteiger partial charge in [-0.2, -0.15) is 10.2 Å². The van der Waals surface area contributed by atoms with Crippen LogP contribution in [0.15, 0.2) is 71.3 Å². The van der Waals surface area contributed by atoms with Gasteiger partial charge in [0.15, 0.2) is 11.5 Å². The first-order valence-electron chi connectivity index (χ1n) is 27.5. The first-order chi connectivity index (χ1) is 41.1. The number of fused-ring (bicyclic) bond motifs is 2. The van der Waals surface area contributed by atoms with Crippen molar-refractivity contribution < 1.29 is 97.4 Å². The number of aliphatic hydroxyl groups excluding tert-OH is 6. The van der Waals surface area contributed by atoms with E-state index in [-0.39, 0.29) is 47.5 Å². The van der Waals surface area contributed by atoms with E-state index in [1.807, 2.05) is 0 Å². The molecule has 1 aromatic heterocycles. The smallest absolute Gasteiger partial charge is 0.261 e. The van der Waals surface area contributed by atoms with Gasteiger partial charge in [0.05, 0.1) is 55.7 Å². The zero-order valence-corrected chi connectivity index (χ0v) is 47.6. The van der Waals surface area contributed by atoms with Crippen LogP contribution in [0.3, 0.4) is 0 Å². The van der Waals surface area contributed by atoms with Gasteiger partial charge in [-0.3, -0.25) is 33.6 Å². The van der Waals surface area contributed by atoms with Crippen molar-refractivity contribution in [2.45, 2.75) is 139 Å². The van der Waals surface area contributed by atoms with Crippen molar-refractivity contribution in [3.63, 3.8) is 0 Å². The van der Waals surface area contributed by atoms with Gasteiger partial charge < -0.3 is 85.6 Å². The maximum absolute atomic E-state index is 14.6. The average molecular weight is 1220 g/mol. The maximum Gasteiger partial charge on any atom is 0.261 e. The number of unbranched alkanes of at least 4 members (excludes halogenated alkanes) is 2. The van der Waals surface area contributed by atoms with Gasteiger partial charge in [-0.15, -0.1) is 0 Å². The highest BCUT2D eigenvalue weighted by Gasteiger charge is 2.50. The number of aromatic hydroxyl groups is 1. The Hall–Kier alpha value is -8.03. The topological polar surface area (TPSA) is 448 Å². The predicted octanol–water partition coefficient (Wildman–Crippen LogP) is -1.10. The Kier molecular flexibility index (Phi) is 23.1. The lowest BCUT2D eigenvalue weighted by Crippen LogP contribution is -2.64. The number of β-amino-alcohol motifs (C(OH)–C–C–N with tert-alkyl or cyclic N) is 1. The minimum Gasteiger partial charge on any atom is -0.504 e. The van der Waals surface area contributed by atoms with Gasteiger partial charge >= 0.3 is 0 Å². The number of aliphatic hydroxyl groups is 6. The van der Waals surface area contributed by atoms with Crippen LogP contribution in [-0.2, 0) is 44.6 Å². The summed E-state index contributed by atoms with van der Waals surface area (Å²) in [5, 5.41) is 116. The SMILES string of the molecule is CCCCCOc1ccc(-c2nc(-c3ccc(C(=O)N[C@H]4C[C@H](O)CNC(=O)[C@@H]5[C@@H](O)[C@H](C)CN5C(=O)[C@H]([C@H](O)CC#N)NC(=O)[C@H]([C@H](O)Cc5ccc(O)c(OSOOO)c5)NC(=O)[C@@H]5C[C@H](O)CN5C(=O)[C@H]([C@H](C)O)NC4=O)cc3)no2)cc1. The number of phenols is 1. The number of phenolic OH excluding ortho intramolecular Hbond substituents is 1. The van der Waals surface area contributed by atoms with Crippen molar-refractivity contribution in [2.24, 2.45) is 5.92 Å². The molecular formula is C55H68N10O20S. The first kappa shape index (κ1) is 65.5. The Morgan fingerprint density at radius 3 is 2.21 bits per heavy atom. The molecule has 13 atom stereocenters. The third-order valence-corrected chi connectivity index (χ3v) is 15.0. The molecule has 3 aliphatic rings. The fourth-order valence-corrected chi connectivity index (χ4v) is 10.3. The van der Waals surface area contributed by atoms with Gasteiger partial charge in [0, 0.05) is 61.5 Å². The molecule has 30 nitrogen and oxygen atoms in total. The molecule has 0 unspecified atom stereocenters. The summed E-state index contributed by atoms with van der Waals surface area (Å²) >= 11 is 0.0638. The van der Waals surface area contributed by atoms with Gasteiger partial charge in [0.1, 0.15) is 42.0 Å². The van der Waals surface area contributed by atoms with E-state index in [2.05, 4.69) is 53.0 Å². The van der Waals surface area contributed by atoms with Crippen molar-refractivity contribution in [3.05, 3.63) is 77.9 Å². The Morgan fingerprint density at radius 1 is 0.837 bits per heavy atom. The second-order valence-corrected chi connectivity index (χ2v) is 21.5. The molecule has 7 rings (SSSR count). The summed E-state index contributed by atoms with van der Waals surface area (Å²) in [6.07, 6.45) is -10.2. The molecule has 7 amide bonds. The number of ether oxygens (including phenoxy) is 1. The third kappa shape index (κ3) is 16.5. The van der Waals surface area contributed by atoms with Crippen LogP contribution in [0.25, 0.3) is 22.8 Å². The first-order valence-corrected chi connectivity index (χ1v) is 28.2. The standard InChI is InChI=1S/C55H68N10O20S/c1-4-5-6-19-81-35-14-12-32(13-15-35)53-62-47(63-82-53)30-8-10-31(11-9-30)48(73)58-36-22-33(67)24-57-52(77)45-46(72)27(2)25-65(45)55(79)44(39(70)17-18-56)61-51(76)43(40(71)20-29-7-16-38(69)41(21-29)83-86-85-84-80)60-50(75)37-23-34(68)26-64(37)54(78)42(28(3)66)59-49(36)74/h7-16,21,27-28,33-34,36-37,39-40,42-46,66-72,80H,4-6,17,19-20,22-26H2,1-3H3,(H,57,77)(H,58,73)(H,59,74)(H,60,75)(H,61,76)/t27-,28+,33+,34+,36+,37+,39-,40-,42+,43+,44+,45+,46+/m1/s1. The molecule has 0 aliphatic carbocycles. The molecule has 4 heterocycles. The van der Waals surface area contributed by atoms with Crippen molar-refractivity contribution in [1.29, 1.82) is 5.26 Å². The van der Waals surface area contributed by atoms with Crippen molar-refractivity contribution >= 4 is 53.7 Å². The van der Waals surface area contributed by atoms with Gasteiger partial charge in [-0.1, -0.05) is 59.4 Å². The number of hydrogen-bond donors (Lipinski definition) is 13. The Morgan fingerprint density at radius 2 is 1.52 bits per heavy atom. The zero-order chi connectivity index (χ0) is 62.4. The number of nitrogens with zero attached hydrogens (tertiary/aromatic N) is 5. The molecule has 3 aromatic carbocycles. The van der Waals surface area contributed by atoms with Crippen LogP contribution in [0.2, 0.25) is 0 Å². The summed E-state index contributed by atoms with van der Waals surface area (Å²) in [5.74, 6) is -8.72. The highest BCUT2D eigenvalue weighted by Crippen LogP contribution is 2.32. The quantitative estimate of drug-likeness (QED) is 0.0229. The van der Waals surface area contributed by atoms with Gasteiger partial charge in [0.2, 0.25) is 41.3 Å². The molecule has 3 fully saturated rings. The molecule has 3 aliphatic heterocycles. The average Bonchev–Trinajstić information content (AvgIpc) is 3.14. The number of rotatable bonds is 19. The summed E-state index contributed by atoms with van der Waals surface area (Å²) in [5.41, 5.74) is 1.11. The van der Waals surface area contributed by atoms with Crippen LogP contribution in [0.4, 0.5) is 0 Å². The molecule has 0 spiro atoms. The normalized spacial score (nSPS) is 25.5. The summed E-state index contributed by atoms with van der Waals surface area (Å²) in [4.78, 5) is 107. The van der Waals surface area contributed by atoms with E-state index in [0.717, 1.165) is 48.1 Å². The lowest BCUT2D eigenvalue weighted by atomic mass is 9.98. The van der Waals surface area contributed by atoms with Crippen LogP contribution in [-0.4, -0.2) is 201 Å². The van der Waals surface area contributed by atoms with Crippen LogP contribution >= 0.6 is 12.3 Å². The number of carbonyl (C=O) groups excluding carboxylic acids is 7. The monoisotopic (exact) mass is 1220 g/mol. The number of nitriles is 1. The van der Waals surface area contributed by atoms with Crippen LogP contribution in [0.5, 0.6) is 17.2 Å². The number of carbonyl (C=O) groups is 7. The Balaban J connectivity index is 1.18. The zero-order valence-electron chi connectivity index (χ0n) is 46.8. The minimum absolute atomic E-state index is 0.0301. The molecule has 31 heteroatoms. The van der Waals surface area contributed by atoms with E-state index in [0.29, 0.717) is 23.5 Å². The molecule has 3 saturated heterocycles. The molecule has 0 bridgehead atoms. The molecule has 13 N–H and O–H groups in total. The summed E-state index contributed by atoms with van der Waals surface area (Å²) < 4.78 is 20.6. The van der Waals surface area contributed by atoms with E-state index in [1.165, 1.54) is 37.3 Å². The third-order valence-electron chi connectivity index (χ3n) is 14.6. The van der Waals surface area contributed by atoms with E-state index in [1.54, 1.807) is 30.3 Å². The lowest BCUT2D eigenvalue weighted by molar-refractivity contribution is -0.433. The summed E-state index contributed by atoms with van der Waals surface area (Å²) in [6, 6.07) is 6.55. The second-order valence-electron chi connectivity index (χ2n) is 21.0. The Bertz CT molecular complexity index is 3060. The number of amides is 7. The van der Waals surface area contributed by atoms with E-state index in [9.17, 15) is 74.6 Å². The van der Waals surface area contributed by atoms with Gasteiger partial charge in [0.25, 0.3) is 24.1 Å². The number of hydrogen-bond acceptors (Lipinski definition) is 24. The van der Waals surface area contributed by atoms with Crippen molar-refractivity contribution in [2.75, 3.05) is 26.2 Å². The fourth-order valence-electron chi connectivity index (χ4n) is 10.0. The molecule has 0 saturated carbocycles. The maximum atomic E-state index is 14.6. The van der Waals surface area contributed by atoms with E-state index >= 15 is 0 Å². The lowest BCUT2D eigenvalue weighted by Gasteiger charge is -2.33. The van der Waals surface area contributed by atoms with Gasteiger partial charge in [-0.05, 0) is 67.4 Å². The highest BCUT2D eigenvalue weighted by atomic mass is 32.2. The van der Waals surface area contributed by atoms with Crippen molar-refractivity contribution in [1.82, 2.24) is 46.5 Å². The molecule has 464 valence electrons. The Labute approximate surface area is 496 Å². The van der Waals surface area contributed by atoms with Crippen LogP contribution < -0.4 is 35.5 Å². The molecule has 4 aromatic rings. The van der Waals surface area contributed by atoms with E-state index in [4.69, 9.17) is 18.7 Å². The summed E-state index contributed by atoms with van der Waals surface area (Å²) in [7, 11) is 0. The molecule has 0 radical (unpaired) electrons. The van der Waals surface area contributed by atoms with Crippen LogP contribution in [0.1, 0.15) is 75.2 Å². The fraction of sp³-hybridized carbons (Fsp3) is 0.491.